The number of methoxy groups -OCH3 is 1. The normalized spacial score (nSPS) is 11.1. The van der Waals surface area contributed by atoms with Gasteiger partial charge in [0.2, 0.25) is 11.8 Å². The highest BCUT2D eigenvalue weighted by atomic mass is 16.5. The highest BCUT2D eigenvalue weighted by Gasteiger charge is 2.03. The molecule has 1 heterocycles. The van der Waals surface area contributed by atoms with Crippen molar-refractivity contribution in [3.05, 3.63) is 66.4 Å². The van der Waals surface area contributed by atoms with E-state index in [-0.39, 0.29) is 11.9 Å². The number of para-hydroxylation sites is 1. The topological polar surface area (TPSA) is 94.7 Å². The molecule has 1 aromatic heterocycles. The highest BCUT2D eigenvalue weighted by Crippen LogP contribution is 2.22. The molecule has 0 bridgehead atoms. The van der Waals surface area contributed by atoms with E-state index >= 15 is 0 Å². The van der Waals surface area contributed by atoms with E-state index in [1.807, 2.05) is 61.5 Å². The Hall–Kier alpha value is -3.61. The Balaban J connectivity index is 1.67. The summed E-state index contributed by atoms with van der Waals surface area (Å²) in [5, 5.41) is 2.99. The Morgan fingerprint density at radius 2 is 1.69 bits per heavy atom. The number of aliphatic imine (C=N–C) groups is 1. The van der Waals surface area contributed by atoms with Crippen LogP contribution in [0, 0.1) is 6.92 Å². The predicted molar refractivity (Wildman–Crippen MR) is 101 cm³/mol. The largest absolute Gasteiger partial charge is 0.481 e. The van der Waals surface area contributed by atoms with Gasteiger partial charge in [0.05, 0.1) is 7.11 Å². The predicted octanol–water partition coefficient (Wildman–Crippen LogP) is 3.64. The van der Waals surface area contributed by atoms with Crippen molar-refractivity contribution in [3.8, 4) is 17.4 Å². The van der Waals surface area contributed by atoms with Crippen LogP contribution in [-0.2, 0) is 0 Å². The number of nitrogens with one attached hydrogen (secondary N) is 1. The molecular formula is C19H19N5O2. The number of aryl methyl sites for hydroxylation is 1. The number of nitrogens with two attached hydrogens (primary N) is 1. The van der Waals surface area contributed by atoms with Gasteiger partial charge in [-0.05, 0) is 43.3 Å². The number of aromatic nitrogens is 2. The SMILES string of the molecule is COc1cc(C)nc(N=C(N)Nc2ccc(Oc3ccccc3)cc2)n1. The van der Waals surface area contributed by atoms with Crippen LogP contribution in [0.2, 0.25) is 0 Å². The van der Waals surface area contributed by atoms with Crippen LogP contribution in [0.15, 0.2) is 65.7 Å². The minimum absolute atomic E-state index is 0.175. The Bertz CT molecular complexity index is 896. The van der Waals surface area contributed by atoms with Crippen molar-refractivity contribution in [1.29, 1.82) is 0 Å². The molecule has 7 nitrogen and oxygen atoms in total. The fraction of sp³-hybridized carbons (Fsp3) is 0.105. The molecule has 0 unspecified atom stereocenters. The van der Waals surface area contributed by atoms with Crippen molar-refractivity contribution in [1.82, 2.24) is 9.97 Å². The summed E-state index contributed by atoms with van der Waals surface area (Å²) >= 11 is 0. The quantitative estimate of drug-likeness (QED) is 0.539. The maximum atomic E-state index is 5.93. The van der Waals surface area contributed by atoms with Crippen LogP contribution in [0.4, 0.5) is 11.6 Å². The molecule has 0 saturated heterocycles. The zero-order valence-corrected chi connectivity index (χ0v) is 14.5. The molecule has 0 fully saturated rings. The average molecular weight is 349 g/mol. The number of guanidine groups is 1. The van der Waals surface area contributed by atoms with E-state index < -0.39 is 0 Å². The van der Waals surface area contributed by atoms with Gasteiger partial charge in [0.25, 0.3) is 5.95 Å². The van der Waals surface area contributed by atoms with Crippen LogP contribution in [0.3, 0.4) is 0 Å². The molecule has 0 aliphatic carbocycles. The van der Waals surface area contributed by atoms with Gasteiger partial charge in [0.15, 0.2) is 0 Å². The van der Waals surface area contributed by atoms with E-state index in [4.69, 9.17) is 15.2 Å². The van der Waals surface area contributed by atoms with Crippen molar-refractivity contribution in [2.24, 2.45) is 10.7 Å². The zero-order chi connectivity index (χ0) is 18.4. The summed E-state index contributed by atoms with van der Waals surface area (Å²) in [6, 6.07) is 18.7. The third-order valence-corrected chi connectivity index (χ3v) is 3.35. The Labute approximate surface area is 151 Å². The molecule has 3 N–H and O–H groups in total. The van der Waals surface area contributed by atoms with Crippen molar-refractivity contribution >= 4 is 17.6 Å². The van der Waals surface area contributed by atoms with Crippen LogP contribution in [0.25, 0.3) is 0 Å². The van der Waals surface area contributed by atoms with Crippen molar-refractivity contribution in [2.75, 3.05) is 12.4 Å². The van der Waals surface area contributed by atoms with E-state index in [2.05, 4.69) is 20.3 Å². The van der Waals surface area contributed by atoms with Crippen LogP contribution in [0.5, 0.6) is 17.4 Å². The summed E-state index contributed by atoms with van der Waals surface area (Å²) in [5.41, 5.74) is 7.44. The first-order valence-electron chi connectivity index (χ1n) is 7.96. The lowest BCUT2D eigenvalue weighted by molar-refractivity contribution is 0.397. The number of ether oxygens (including phenoxy) is 2. The van der Waals surface area contributed by atoms with Crippen molar-refractivity contribution < 1.29 is 9.47 Å². The van der Waals surface area contributed by atoms with Gasteiger partial charge in [0, 0.05) is 17.4 Å². The second kappa shape index (κ2) is 7.98. The Morgan fingerprint density at radius 1 is 1.00 bits per heavy atom. The van der Waals surface area contributed by atoms with Gasteiger partial charge in [0.1, 0.15) is 11.5 Å². The number of rotatable bonds is 5. The number of hydrogen-bond donors (Lipinski definition) is 2. The van der Waals surface area contributed by atoms with Gasteiger partial charge in [-0.15, -0.1) is 0 Å². The minimum atomic E-state index is 0.175. The average Bonchev–Trinajstić information content (AvgIpc) is 2.63. The molecule has 2 aromatic carbocycles. The molecule has 0 spiro atoms. The highest BCUT2D eigenvalue weighted by molar-refractivity contribution is 5.93. The van der Waals surface area contributed by atoms with Gasteiger partial charge in [-0.2, -0.15) is 9.98 Å². The number of benzene rings is 2. The summed E-state index contributed by atoms with van der Waals surface area (Å²) in [4.78, 5) is 12.5. The standard InChI is InChI=1S/C19H19N5O2/c1-13-12-17(25-2)23-19(21-13)24-18(20)22-14-8-10-16(11-9-14)26-15-6-4-3-5-7-15/h3-12H,1-2H3,(H3,20,21,22,23,24). The van der Waals surface area contributed by atoms with Crippen molar-refractivity contribution in [2.45, 2.75) is 6.92 Å². The molecule has 0 amide bonds. The van der Waals surface area contributed by atoms with Crippen LogP contribution in [0.1, 0.15) is 5.69 Å². The van der Waals surface area contributed by atoms with Gasteiger partial charge in [-0.1, -0.05) is 18.2 Å². The summed E-state index contributed by atoms with van der Waals surface area (Å²) in [5.74, 6) is 2.35. The maximum Gasteiger partial charge on any atom is 0.256 e. The maximum absolute atomic E-state index is 5.93. The van der Waals surface area contributed by atoms with Gasteiger partial charge >= 0.3 is 0 Å². The van der Waals surface area contributed by atoms with Gasteiger partial charge in [-0.3, -0.25) is 0 Å². The molecule has 0 aliphatic heterocycles. The minimum Gasteiger partial charge on any atom is -0.481 e. The van der Waals surface area contributed by atoms with Gasteiger partial charge < -0.3 is 20.5 Å². The van der Waals surface area contributed by atoms with Crippen LogP contribution in [-0.4, -0.2) is 23.0 Å². The third kappa shape index (κ3) is 4.70. The lowest BCUT2D eigenvalue weighted by Gasteiger charge is -2.08. The van der Waals surface area contributed by atoms with E-state index in [0.717, 1.165) is 22.9 Å². The van der Waals surface area contributed by atoms with E-state index in [9.17, 15) is 0 Å². The van der Waals surface area contributed by atoms with Crippen molar-refractivity contribution in [3.63, 3.8) is 0 Å². The Morgan fingerprint density at radius 3 is 2.38 bits per heavy atom. The molecule has 3 rings (SSSR count). The molecule has 0 radical (unpaired) electrons. The first kappa shape index (κ1) is 17.2. The summed E-state index contributed by atoms with van der Waals surface area (Å²) in [6.45, 7) is 1.83. The molecular weight excluding hydrogens is 330 g/mol. The zero-order valence-electron chi connectivity index (χ0n) is 14.5. The number of nitrogens with zero attached hydrogens (tertiary/aromatic N) is 3. The smallest absolute Gasteiger partial charge is 0.256 e. The fourth-order valence-electron chi connectivity index (χ4n) is 2.19. The number of anilines is 1. The second-order valence-electron chi connectivity index (χ2n) is 5.41. The van der Waals surface area contributed by atoms with E-state index in [1.54, 1.807) is 6.07 Å². The molecule has 0 aliphatic rings. The monoisotopic (exact) mass is 349 g/mol. The summed E-state index contributed by atoms with van der Waals surface area (Å²) in [6.07, 6.45) is 0. The molecule has 7 heteroatoms. The first-order valence-corrected chi connectivity index (χ1v) is 7.96. The van der Waals surface area contributed by atoms with Crippen LogP contribution >= 0.6 is 0 Å². The van der Waals surface area contributed by atoms with E-state index in [0.29, 0.717) is 5.88 Å². The number of hydrogen-bond acceptors (Lipinski definition) is 5. The molecule has 0 atom stereocenters. The molecule has 26 heavy (non-hydrogen) atoms. The van der Waals surface area contributed by atoms with Gasteiger partial charge in [-0.25, -0.2) is 4.98 Å². The summed E-state index contributed by atoms with van der Waals surface area (Å²) in [7, 11) is 1.54. The summed E-state index contributed by atoms with van der Waals surface area (Å²) < 4.78 is 10.9. The second-order valence-corrected chi connectivity index (χ2v) is 5.41. The van der Waals surface area contributed by atoms with Crippen LogP contribution < -0.4 is 20.5 Å². The first-order chi connectivity index (χ1) is 12.6. The fourth-order valence-corrected chi connectivity index (χ4v) is 2.19. The third-order valence-electron chi connectivity index (χ3n) is 3.35. The lowest BCUT2D eigenvalue weighted by Crippen LogP contribution is -2.22. The Kier molecular flexibility index (Phi) is 5.28. The molecule has 0 saturated carbocycles. The molecule has 3 aromatic rings. The van der Waals surface area contributed by atoms with E-state index in [1.165, 1.54) is 7.11 Å². The molecule has 132 valence electrons. The lowest BCUT2D eigenvalue weighted by atomic mass is 10.3.